The number of carbonyl (C=O) groups is 2. The standard InChI is InChI=1S/C22H20N6O2S2/c1-14-4-6-15(7-5-14)20-26-27-22(28(20)23)32-13-19(29)24-16-8-10-17(11-9-16)25-21(30)18-3-2-12-31-18/h2-12H,13,23H2,1H3,(H,24,29)(H,25,30). The van der Waals surface area contributed by atoms with Crippen molar-refractivity contribution in [2.45, 2.75) is 12.1 Å². The molecular weight excluding hydrogens is 444 g/mol. The van der Waals surface area contributed by atoms with Crippen molar-refractivity contribution in [2.75, 3.05) is 22.2 Å². The van der Waals surface area contributed by atoms with Crippen molar-refractivity contribution in [3.05, 3.63) is 76.5 Å². The monoisotopic (exact) mass is 464 g/mol. The number of hydrogen-bond acceptors (Lipinski definition) is 7. The summed E-state index contributed by atoms with van der Waals surface area (Å²) in [6.07, 6.45) is 0. The maximum Gasteiger partial charge on any atom is 0.265 e. The first-order chi connectivity index (χ1) is 15.5. The molecule has 0 aliphatic rings. The van der Waals surface area contributed by atoms with Gasteiger partial charge in [-0.1, -0.05) is 47.7 Å². The second-order valence-electron chi connectivity index (χ2n) is 6.89. The van der Waals surface area contributed by atoms with Crippen LogP contribution in [0.4, 0.5) is 11.4 Å². The number of aromatic nitrogens is 3. The molecule has 2 amide bonds. The van der Waals surface area contributed by atoms with Crippen LogP contribution in [0, 0.1) is 6.92 Å². The zero-order valence-corrected chi connectivity index (χ0v) is 18.7. The quantitative estimate of drug-likeness (QED) is 0.281. The number of thioether (sulfide) groups is 1. The molecule has 0 aliphatic carbocycles. The van der Waals surface area contributed by atoms with Crippen LogP contribution in [0.1, 0.15) is 15.2 Å². The first-order valence-electron chi connectivity index (χ1n) is 9.65. The summed E-state index contributed by atoms with van der Waals surface area (Å²) in [5, 5.41) is 16.1. The van der Waals surface area contributed by atoms with Gasteiger partial charge in [0, 0.05) is 16.9 Å². The van der Waals surface area contributed by atoms with Gasteiger partial charge < -0.3 is 16.5 Å². The molecule has 2 aromatic carbocycles. The van der Waals surface area contributed by atoms with Gasteiger partial charge in [-0.3, -0.25) is 9.59 Å². The maximum atomic E-state index is 12.3. The molecule has 4 N–H and O–H groups in total. The number of amides is 2. The molecule has 0 bridgehead atoms. The highest BCUT2D eigenvalue weighted by Crippen LogP contribution is 2.22. The third-order valence-corrected chi connectivity index (χ3v) is 6.29. The lowest BCUT2D eigenvalue weighted by Crippen LogP contribution is -2.16. The highest BCUT2D eigenvalue weighted by molar-refractivity contribution is 7.99. The van der Waals surface area contributed by atoms with E-state index in [9.17, 15) is 9.59 Å². The fourth-order valence-corrected chi connectivity index (χ4v) is 4.11. The van der Waals surface area contributed by atoms with Gasteiger partial charge >= 0.3 is 0 Å². The van der Waals surface area contributed by atoms with E-state index in [1.54, 1.807) is 30.3 Å². The second kappa shape index (κ2) is 9.67. The summed E-state index contributed by atoms with van der Waals surface area (Å²) in [5.41, 5.74) is 3.27. The highest BCUT2D eigenvalue weighted by atomic mass is 32.2. The summed E-state index contributed by atoms with van der Waals surface area (Å²) in [7, 11) is 0. The summed E-state index contributed by atoms with van der Waals surface area (Å²) in [6, 6.07) is 18.3. The topological polar surface area (TPSA) is 115 Å². The fourth-order valence-electron chi connectivity index (χ4n) is 2.84. The minimum Gasteiger partial charge on any atom is -0.335 e. The van der Waals surface area contributed by atoms with E-state index >= 15 is 0 Å². The van der Waals surface area contributed by atoms with Crippen LogP contribution in [-0.2, 0) is 4.79 Å². The number of anilines is 2. The Bertz CT molecular complexity index is 1220. The number of benzene rings is 2. The van der Waals surface area contributed by atoms with Crippen molar-refractivity contribution in [1.29, 1.82) is 0 Å². The molecule has 162 valence electrons. The summed E-state index contributed by atoms with van der Waals surface area (Å²) in [6.45, 7) is 2.01. The third-order valence-electron chi connectivity index (χ3n) is 4.48. The van der Waals surface area contributed by atoms with E-state index in [0.29, 0.717) is 27.2 Å². The largest absolute Gasteiger partial charge is 0.335 e. The Morgan fingerprint density at radius 3 is 2.34 bits per heavy atom. The Balaban J connectivity index is 1.30. The molecule has 0 saturated heterocycles. The molecule has 0 spiro atoms. The zero-order valence-electron chi connectivity index (χ0n) is 17.1. The van der Waals surface area contributed by atoms with E-state index in [4.69, 9.17) is 5.84 Å². The number of aryl methyl sites for hydroxylation is 1. The van der Waals surface area contributed by atoms with E-state index in [0.717, 1.165) is 11.1 Å². The van der Waals surface area contributed by atoms with Crippen LogP contribution < -0.4 is 16.5 Å². The van der Waals surface area contributed by atoms with Gasteiger partial charge in [-0.15, -0.1) is 21.5 Å². The number of carbonyl (C=O) groups excluding carboxylic acids is 2. The molecule has 2 aromatic heterocycles. The lowest BCUT2D eigenvalue weighted by Gasteiger charge is -2.08. The molecule has 0 atom stereocenters. The number of hydrogen-bond donors (Lipinski definition) is 3. The Kier molecular flexibility index (Phi) is 6.52. The minimum absolute atomic E-state index is 0.125. The molecule has 2 heterocycles. The zero-order chi connectivity index (χ0) is 22.5. The molecule has 0 saturated carbocycles. The van der Waals surface area contributed by atoms with Crippen LogP contribution in [0.2, 0.25) is 0 Å². The van der Waals surface area contributed by atoms with E-state index in [-0.39, 0.29) is 17.6 Å². The van der Waals surface area contributed by atoms with Crippen LogP contribution >= 0.6 is 23.1 Å². The molecule has 10 heteroatoms. The predicted molar refractivity (Wildman–Crippen MR) is 128 cm³/mol. The van der Waals surface area contributed by atoms with E-state index < -0.39 is 0 Å². The molecule has 32 heavy (non-hydrogen) atoms. The van der Waals surface area contributed by atoms with Gasteiger partial charge in [0.05, 0.1) is 10.6 Å². The SMILES string of the molecule is Cc1ccc(-c2nnc(SCC(=O)Nc3ccc(NC(=O)c4cccs4)cc3)n2N)cc1. The number of nitrogens with two attached hydrogens (primary N) is 1. The highest BCUT2D eigenvalue weighted by Gasteiger charge is 2.14. The number of nitrogens with one attached hydrogen (secondary N) is 2. The number of rotatable bonds is 7. The summed E-state index contributed by atoms with van der Waals surface area (Å²) in [5.74, 6) is 6.40. The van der Waals surface area contributed by atoms with Crippen molar-refractivity contribution >= 4 is 46.3 Å². The smallest absolute Gasteiger partial charge is 0.265 e. The van der Waals surface area contributed by atoms with Gasteiger partial charge in [0.1, 0.15) is 0 Å². The summed E-state index contributed by atoms with van der Waals surface area (Å²) >= 11 is 2.58. The van der Waals surface area contributed by atoms with Crippen LogP contribution in [-0.4, -0.2) is 32.4 Å². The lowest BCUT2D eigenvalue weighted by molar-refractivity contribution is -0.113. The number of thiophene rings is 1. The lowest BCUT2D eigenvalue weighted by atomic mass is 10.1. The number of nitrogen functional groups attached to an aromatic ring is 1. The van der Waals surface area contributed by atoms with Crippen molar-refractivity contribution in [3.63, 3.8) is 0 Å². The summed E-state index contributed by atoms with van der Waals surface area (Å²) in [4.78, 5) is 25.1. The van der Waals surface area contributed by atoms with E-state index in [1.807, 2.05) is 42.6 Å². The molecule has 0 aliphatic heterocycles. The van der Waals surface area contributed by atoms with Gasteiger partial charge in [-0.2, -0.15) is 0 Å². The average Bonchev–Trinajstić information content (AvgIpc) is 3.45. The third kappa shape index (κ3) is 5.16. The van der Waals surface area contributed by atoms with E-state index in [2.05, 4.69) is 20.8 Å². The molecule has 8 nitrogen and oxygen atoms in total. The normalized spacial score (nSPS) is 10.7. The molecular formula is C22H20N6O2S2. The van der Waals surface area contributed by atoms with Crippen LogP contribution in [0.25, 0.3) is 11.4 Å². The van der Waals surface area contributed by atoms with Gasteiger partial charge in [0.25, 0.3) is 5.91 Å². The second-order valence-corrected chi connectivity index (χ2v) is 8.78. The summed E-state index contributed by atoms with van der Waals surface area (Å²) < 4.78 is 1.38. The maximum absolute atomic E-state index is 12.3. The fraction of sp³-hybridized carbons (Fsp3) is 0.0909. The van der Waals surface area contributed by atoms with E-state index in [1.165, 1.54) is 27.8 Å². The van der Waals surface area contributed by atoms with Crippen LogP contribution in [0.15, 0.2) is 71.2 Å². The van der Waals surface area contributed by atoms with Gasteiger partial charge in [-0.05, 0) is 42.6 Å². The van der Waals surface area contributed by atoms with Crippen molar-refractivity contribution < 1.29 is 9.59 Å². The average molecular weight is 465 g/mol. The van der Waals surface area contributed by atoms with Gasteiger partial charge in [0.2, 0.25) is 11.1 Å². The van der Waals surface area contributed by atoms with Crippen molar-refractivity contribution in [1.82, 2.24) is 14.9 Å². The Labute approximate surface area is 192 Å². The van der Waals surface area contributed by atoms with Gasteiger partial charge in [0.15, 0.2) is 5.82 Å². The Hall–Kier alpha value is -3.63. The van der Waals surface area contributed by atoms with Crippen molar-refractivity contribution in [3.8, 4) is 11.4 Å². The Morgan fingerprint density at radius 1 is 1.00 bits per heavy atom. The first kappa shape index (κ1) is 21.6. The molecule has 0 radical (unpaired) electrons. The van der Waals surface area contributed by atoms with Crippen molar-refractivity contribution in [2.24, 2.45) is 0 Å². The molecule has 4 aromatic rings. The molecule has 0 unspecified atom stereocenters. The molecule has 0 fully saturated rings. The molecule has 4 rings (SSSR count). The number of nitrogens with zero attached hydrogens (tertiary/aromatic N) is 3. The predicted octanol–water partition coefficient (Wildman–Crippen LogP) is 4.01. The van der Waals surface area contributed by atoms with Gasteiger partial charge in [-0.25, -0.2) is 4.68 Å². The van der Waals surface area contributed by atoms with Crippen LogP contribution in [0.3, 0.4) is 0 Å². The van der Waals surface area contributed by atoms with Crippen LogP contribution in [0.5, 0.6) is 0 Å². The first-order valence-corrected chi connectivity index (χ1v) is 11.5. The Morgan fingerprint density at radius 2 is 1.69 bits per heavy atom. The minimum atomic E-state index is -0.203.